The second-order valence-electron chi connectivity index (χ2n) is 6.92. The molecule has 0 bridgehead atoms. The van der Waals surface area contributed by atoms with E-state index < -0.39 is 0 Å². The fraction of sp³-hybridized carbons (Fsp3) is 0.364. The van der Waals surface area contributed by atoms with Crippen molar-refractivity contribution in [3.63, 3.8) is 0 Å². The van der Waals surface area contributed by atoms with Gasteiger partial charge in [0.05, 0.1) is 6.54 Å². The Morgan fingerprint density at radius 2 is 1.86 bits per heavy atom. The van der Waals surface area contributed by atoms with Gasteiger partial charge in [-0.3, -0.25) is 4.79 Å². The van der Waals surface area contributed by atoms with Crippen molar-refractivity contribution in [2.45, 2.75) is 39.4 Å². The minimum Gasteiger partial charge on any atom is -0.357 e. The van der Waals surface area contributed by atoms with E-state index in [0.717, 1.165) is 36.2 Å². The normalized spacial score (nSPS) is 13.9. The van der Waals surface area contributed by atoms with Gasteiger partial charge in [-0.15, -0.1) is 24.0 Å². The molecule has 2 aromatic carbocycles. The van der Waals surface area contributed by atoms with E-state index in [1.54, 1.807) is 6.07 Å². The summed E-state index contributed by atoms with van der Waals surface area (Å²) in [7, 11) is 0. The highest BCUT2D eigenvalue weighted by Crippen LogP contribution is 2.15. The molecule has 0 unspecified atom stereocenters. The molecule has 156 valence electrons. The van der Waals surface area contributed by atoms with Crippen LogP contribution in [0.3, 0.4) is 0 Å². The first-order chi connectivity index (χ1) is 13.6. The third kappa shape index (κ3) is 7.30. The zero-order chi connectivity index (χ0) is 19.8. The molecule has 0 atom stereocenters. The molecule has 0 aliphatic carbocycles. The standard InChI is InChI=1S/C22H27FN4O.HI/c1-2-24-22(26-15-18-7-4-9-20(23)13-18)25-14-17-6-3-8-19(12-17)16-27-11-5-10-21(27)28;/h3-4,6-9,12-13H,2,5,10-11,14-16H2,1H3,(H2,24,25,26);1H. The first-order valence-corrected chi connectivity index (χ1v) is 9.76. The highest BCUT2D eigenvalue weighted by Gasteiger charge is 2.19. The number of aliphatic imine (C=N–C) groups is 1. The molecule has 0 radical (unpaired) electrons. The molecule has 1 fully saturated rings. The number of nitrogens with one attached hydrogen (secondary N) is 2. The SMILES string of the molecule is CCNC(=NCc1cccc(CN2CCCC2=O)c1)NCc1cccc(F)c1.I. The number of carbonyl (C=O) groups is 1. The molecule has 0 saturated carbocycles. The molecule has 3 rings (SSSR count). The Labute approximate surface area is 188 Å². The monoisotopic (exact) mass is 510 g/mol. The van der Waals surface area contributed by atoms with Crippen molar-refractivity contribution in [2.24, 2.45) is 4.99 Å². The Bertz CT molecular complexity index is 843. The van der Waals surface area contributed by atoms with Crippen LogP contribution in [0.1, 0.15) is 36.5 Å². The van der Waals surface area contributed by atoms with Gasteiger partial charge in [0.15, 0.2) is 5.96 Å². The average Bonchev–Trinajstić information content (AvgIpc) is 3.09. The zero-order valence-electron chi connectivity index (χ0n) is 16.7. The molecule has 1 heterocycles. The van der Waals surface area contributed by atoms with Crippen LogP contribution >= 0.6 is 24.0 Å². The molecule has 2 N–H and O–H groups in total. The van der Waals surface area contributed by atoms with Gasteiger partial charge in [0.25, 0.3) is 0 Å². The van der Waals surface area contributed by atoms with Gasteiger partial charge in [0.1, 0.15) is 5.82 Å². The smallest absolute Gasteiger partial charge is 0.222 e. The Kier molecular flexibility index (Phi) is 9.37. The lowest BCUT2D eigenvalue weighted by Crippen LogP contribution is -2.36. The Morgan fingerprint density at radius 3 is 2.59 bits per heavy atom. The fourth-order valence-corrected chi connectivity index (χ4v) is 3.26. The zero-order valence-corrected chi connectivity index (χ0v) is 19.0. The number of rotatable bonds is 7. The van der Waals surface area contributed by atoms with Gasteiger partial charge in [0, 0.05) is 32.6 Å². The number of likely N-dealkylation sites (tertiary alicyclic amines) is 1. The van der Waals surface area contributed by atoms with Crippen LogP contribution in [0.5, 0.6) is 0 Å². The van der Waals surface area contributed by atoms with E-state index in [1.165, 1.54) is 12.1 Å². The van der Waals surface area contributed by atoms with E-state index in [1.807, 2.05) is 36.1 Å². The molecule has 0 aromatic heterocycles. The minimum absolute atomic E-state index is 0. The van der Waals surface area contributed by atoms with Crippen molar-refractivity contribution in [1.82, 2.24) is 15.5 Å². The van der Waals surface area contributed by atoms with E-state index in [-0.39, 0.29) is 35.7 Å². The summed E-state index contributed by atoms with van der Waals surface area (Å²) in [5.41, 5.74) is 3.08. The lowest BCUT2D eigenvalue weighted by atomic mass is 10.1. The van der Waals surface area contributed by atoms with Gasteiger partial charge in [-0.25, -0.2) is 9.38 Å². The maximum atomic E-state index is 13.3. The highest BCUT2D eigenvalue weighted by molar-refractivity contribution is 14.0. The predicted molar refractivity (Wildman–Crippen MR) is 125 cm³/mol. The number of nitrogens with zero attached hydrogens (tertiary/aromatic N) is 2. The third-order valence-corrected chi connectivity index (χ3v) is 4.65. The molecule has 1 saturated heterocycles. The number of hydrogen-bond donors (Lipinski definition) is 2. The summed E-state index contributed by atoms with van der Waals surface area (Å²) < 4.78 is 13.3. The summed E-state index contributed by atoms with van der Waals surface area (Å²) in [6.07, 6.45) is 1.61. The molecule has 1 amide bonds. The molecule has 0 spiro atoms. The van der Waals surface area contributed by atoms with Crippen LogP contribution < -0.4 is 10.6 Å². The summed E-state index contributed by atoms with van der Waals surface area (Å²) in [4.78, 5) is 18.4. The summed E-state index contributed by atoms with van der Waals surface area (Å²) in [6, 6.07) is 14.7. The van der Waals surface area contributed by atoms with Crippen LogP contribution in [0, 0.1) is 5.82 Å². The van der Waals surface area contributed by atoms with Crippen molar-refractivity contribution in [3.8, 4) is 0 Å². The van der Waals surface area contributed by atoms with E-state index in [2.05, 4.69) is 21.7 Å². The maximum Gasteiger partial charge on any atom is 0.222 e. The Balaban J connectivity index is 0.00000300. The minimum atomic E-state index is -0.241. The van der Waals surface area contributed by atoms with Gasteiger partial charge in [-0.1, -0.05) is 36.4 Å². The molecule has 5 nitrogen and oxygen atoms in total. The van der Waals surface area contributed by atoms with Gasteiger partial charge < -0.3 is 15.5 Å². The molecule has 7 heteroatoms. The summed E-state index contributed by atoms with van der Waals surface area (Å²) in [5, 5.41) is 6.44. The molecule has 1 aliphatic heterocycles. The lowest BCUT2D eigenvalue weighted by molar-refractivity contribution is -0.128. The second kappa shape index (κ2) is 11.7. The van der Waals surface area contributed by atoms with Crippen LogP contribution in [0.15, 0.2) is 53.5 Å². The van der Waals surface area contributed by atoms with Gasteiger partial charge in [-0.05, 0) is 42.2 Å². The Morgan fingerprint density at radius 1 is 1.10 bits per heavy atom. The van der Waals surface area contributed by atoms with Gasteiger partial charge >= 0.3 is 0 Å². The molecular formula is C22H28FIN4O. The van der Waals surface area contributed by atoms with Crippen LogP contribution in [0.2, 0.25) is 0 Å². The topological polar surface area (TPSA) is 56.7 Å². The molecule has 29 heavy (non-hydrogen) atoms. The third-order valence-electron chi connectivity index (χ3n) is 4.65. The summed E-state index contributed by atoms with van der Waals surface area (Å²) >= 11 is 0. The first kappa shape index (κ1) is 23.1. The van der Waals surface area contributed by atoms with E-state index >= 15 is 0 Å². The van der Waals surface area contributed by atoms with E-state index in [9.17, 15) is 9.18 Å². The molecule has 2 aromatic rings. The highest BCUT2D eigenvalue weighted by atomic mass is 127. The Hall–Kier alpha value is -2.16. The predicted octanol–water partition coefficient (Wildman–Crippen LogP) is 3.82. The average molecular weight is 510 g/mol. The van der Waals surface area contributed by atoms with Crippen molar-refractivity contribution in [3.05, 3.63) is 71.0 Å². The van der Waals surface area contributed by atoms with Crippen LogP contribution in [0.4, 0.5) is 4.39 Å². The largest absolute Gasteiger partial charge is 0.357 e. The number of halogens is 2. The van der Waals surface area contributed by atoms with Crippen molar-refractivity contribution >= 4 is 35.8 Å². The second-order valence-corrected chi connectivity index (χ2v) is 6.92. The number of amides is 1. The quantitative estimate of drug-likeness (QED) is 0.339. The van der Waals surface area contributed by atoms with Crippen LogP contribution in [0.25, 0.3) is 0 Å². The molecular weight excluding hydrogens is 482 g/mol. The van der Waals surface area contributed by atoms with Crippen LogP contribution in [-0.2, 0) is 24.4 Å². The van der Waals surface area contributed by atoms with Crippen molar-refractivity contribution < 1.29 is 9.18 Å². The first-order valence-electron chi connectivity index (χ1n) is 9.76. The number of guanidine groups is 1. The van der Waals surface area contributed by atoms with Crippen LogP contribution in [-0.4, -0.2) is 29.9 Å². The van der Waals surface area contributed by atoms with Crippen molar-refractivity contribution in [1.29, 1.82) is 0 Å². The lowest BCUT2D eigenvalue weighted by Gasteiger charge is -2.16. The number of benzene rings is 2. The number of hydrogen-bond acceptors (Lipinski definition) is 2. The number of carbonyl (C=O) groups excluding carboxylic acids is 1. The van der Waals surface area contributed by atoms with Gasteiger partial charge in [-0.2, -0.15) is 0 Å². The maximum absolute atomic E-state index is 13.3. The fourth-order valence-electron chi connectivity index (χ4n) is 3.26. The van der Waals surface area contributed by atoms with E-state index in [4.69, 9.17) is 0 Å². The van der Waals surface area contributed by atoms with Gasteiger partial charge in [0.2, 0.25) is 5.91 Å². The summed E-state index contributed by atoms with van der Waals surface area (Å²) in [5.74, 6) is 0.681. The van der Waals surface area contributed by atoms with Crippen molar-refractivity contribution in [2.75, 3.05) is 13.1 Å². The van der Waals surface area contributed by atoms with E-state index in [0.29, 0.717) is 32.0 Å². The summed E-state index contributed by atoms with van der Waals surface area (Å²) in [6.45, 7) is 5.28. The molecule has 1 aliphatic rings.